The summed E-state index contributed by atoms with van der Waals surface area (Å²) in [5, 5.41) is 9.22. The molecule has 0 fully saturated rings. The molecule has 3 nitrogen and oxygen atoms in total. The minimum atomic E-state index is -0.258. The van der Waals surface area contributed by atoms with Crippen LogP contribution in [0.2, 0.25) is 0 Å². The zero-order chi connectivity index (χ0) is 10.4. The lowest BCUT2D eigenvalue weighted by atomic mass is 9.87. The predicted octanol–water partition coefficient (Wildman–Crippen LogP) is 1.30. The summed E-state index contributed by atoms with van der Waals surface area (Å²) in [5.74, 6) is 0. The van der Waals surface area contributed by atoms with Crippen molar-refractivity contribution in [1.29, 1.82) is 0 Å². The van der Waals surface area contributed by atoms with Crippen LogP contribution in [0.1, 0.15) is 23.3 Å². The van der Waals surface area contributed by atoms with Crippen LogP contribution in [0.3, 0.4) is 0 Å². The van der Waals surface area contributed by atoms with E-state index in [0.29, 0.717) is 11.1 Å². The first kappa shape index (κ1) is 8.83. The molecular formula is C12H10O3. The maximum Gasteiger partial charge on any atom is 0.149 e. The van der Waals surface area contributed by atoms with Gasteiger partial charge in [0.1, 0.15) is 18.5 Å². The summed E-state index contributed by atoms with van der Waals surface area (Å²) in [5.41, 5.74) is 3.45. The quantitative estimate of drug-likeness (QED) is 0.735. The Hall–Kier alpha value is -1.45. The minimum absolute atomic E-state index is 0.108. The monoisotopic (exact) mass is 202 g/mol. The number of fused-ring (bicyclic) bond motifs is 5. The Bertz CT molecular complexity index is 462. The molecule has 2 bridgehead atoms. The topological polar surface area (TPSA) is 46.5 Å². The molecule has 2 atom stereocenters. The molecule has 0 spiro atoms. The third kappa shape index (κ3) is 0.991. The summed E-state index contributed by atoms with van der Waals surface area (Å²) in [6, 6.07) is 7.83. The molecule has 0 radical (unpaired) electrons. The third-order valence-corrected chi connectivity index (χ3v) is 3.10. The Morgan fingerprint density at radius 1 is 1.27 bits per heavy atom. The summed E-state index contributed by atoms with van der Waals surface area (Å²) in [4.78, 5) is 10.9. The van der Waals surface area contributed by atoms with Crippen molar-refractivity contribution in [2.75, 3.05) is 6.61 Å². The van der Waals surface area contributed by atoms with Crippen LogP contribution >= 0.6 is 0 Å². The fraction of sp³-hybridized carbons (Fsp3) is 0.250. The van der Waals surface area contributed by atoms with Gasteiger partial charge in [0.25, 0.3) is 0 Å². The van der Waals surface area contributed by atoms with E-state index in [2.05, 4.69) is 0 Å². The van der Waals surface area contributed by atoms with E-state index in [1.54, 1.807) is 0 Å². The number of carbonyl (C=O) groups is 1. The average molecular weight is 202 g/mol. The summed E-state index contributed by atoms with van der Waals surface area (Å²) in [6.07, 6.45) is 0.328. The summed E-state index contributed by atoms with van der Waals surface area (Å²) in [6.45, 7) is -0.108. The van der Waals surface area contributed by atoms with Crippen molar-refractivity contribution >= 4 is 6.29 Å². The van der Waals surface area contributed by atoms with Crippen molar-refractivity contribution in [3.8, 4) is 0 Å². The number of ether oxygens (including phenoxy) is 1. The molecule has 2 aliphatic heterocycles. The van der Waals surface area contributed by atoms with Crippen molar-refractivity contribution in [3.63, 3.8) is 0 Å². The van der Waals surface area contributed by atoms with Gasteiger partial charge >= 0.3 is 0 Å². The van der Waals surface area contributed by atoms with Crippen LogP contribution in [0.15, 0.2) is 35.4 Å². The fourth-order valence-electron chi connectivity index (χ4n) is 2.41. The molecule has 3 rings (SSSR count). The van der Waals surface area contributed by atoms with E-state index in [1.165, 1.54) is 0 Å². The van der Waals surface area contributed by atoms with Crippen molar-refractivity contribution in [2.45, 2.75) is 12.2 Å². The minimum Gasteiger partial charge on any atom is -0.392 e. The van der Waals surface area contributed by atoms with Crippen LogP contribution < -0.4 is 0 Å². The van der Waals surface area contributed by atoms with Crippen LogP contribution in [-0.2, 0) is 9.53 Å². The lowest BCUT2D eigenvalue weighted by Crippen LogP contribution is -2.08. The van der Waals surface area contributed by atoms with Gasteiger partial charge in [-0.3, -0.25) is 4.79 Å². The Morgan fingerprint density at radius 2 is 1.93 bits per heavy atom. The standard InChI is InChI=1S/C12H10O3/c13-5-9-10(6-14)12-8-4-2-1-3-7(8)11(9)15-12/h1-5,11-12,14H,6H2. The maximum absolute atomic E-state index is 10.9. The number of hydrogen-bond acceptors (Lipinski definition) is 3. The molecule has 2 aliphatic rings. The van der Waals surface area contributed by atoms with E-state index in [1.807, 2.05) is 24.3 Å². The second kappa shape index (κ2) is 3.02. The summed E-state index contributed by atoms with van der Waals surface area (Å²) >= 11 is 0. The molecule has 2 heterocycles. The SMILES string of the molecule is O=CC1=C(CO)C2OC1c1ccccc12. The molecule has 0 saturated carbocycles. The number of aldehydes is 1. The van der Waals surface area contributed by atoms with Gasteiger partial charge in [0, 0.05) is 5.57 Å². The highest BCUT2D eigenvalue weighted by Crippen LogP contribution is 2.52. The smallest absolute Gasteiger partial charge is 0.149 e. The van der Waals surface area contributed by atoms with Crippen molar-refractivity contribution < 1.29 is 14.6 Å². The number of hydrogen-bond donors (Lipinski definition) is 1. The van der Waals surface area contributed by atoms with Crippen molar-refractivity contribution in [2.24, 2.45) is 0 Å². The van der Waals surface area contributed by atoms with Gasteiger partial charge in [-0.15, -0.1) is 0 Å². The Kier molecular flexibility index (Phi) is 1.78. The van der Waals surface area contributed by atoms with Gasteiger partial charge in [0.15, 0.2) is 0 Å². The molecule has 1 N–H and O–H groups in total. The zero-order valence-electron chi connectivity index (χ0n) is 8.01. The van der Waals surface area contributed by atoms with E-state index < -0.39 is 0 Å². The van der Waals surface area contributed by atoms with Gasteiger partial charge in [-0.2, -0.15) is 0 Å². The van der Waals surface area contributed by atoms with Crippen molar-refractivity contribution in [1.82, 2.24) is 0 Å². The highest BCUT2D eigenvalue weighted by Gasteiger charge is 2.43. The second-order valence-electron chi connectivity index (χ2n) is 3.78. The summed E-state index contributed by atoms with van der Waals surface area (Å²) < 4.78 is 5.68. The van der Waals surface area contributed by atoms with Crippen LogP contribution in [0, 0.1) is 0 Å². The zero-order valence-corrected chi connectivity index (χ0v) is 8.01. The lowest BCUT2D eigenvalue weighted by Gasteiger charge is -2.14. The van der Waals surface area contributed by atoms with E-state index in [0.717, 1.165) is 17.4 Å². The predicted molar refractivity (Wildman–Crippen MR) is 53.2 cm³/mol. The highest BCUT2D eigenvalue weighted by atomic mass is 16.5. The highest BCUT2D eigenvalue weighted by molar-refractivity contribution is 5.80. The van der Waals surface area contributed by atoms with Crippen LogP contribution in [0.4, 0.5) is 0 Å². The number of rotatable bonds is 2. The molecule has 2 unspecified atom stereocenters. The largest absolute Gasteiger partial charge is 0.392 e. The molecule has 76 valence electrons. The molecular weight excluding hydrogens is 192 g/mol. The Labute approximate surface area is 87.0 Å². The van der Waals surface area contributed by atoms with Crippen LogP contribution in [0.5, 0.6) is 0 Å². The first-order valence-electron chi connectivity index (χ1n) is 4.90. The third-order valence-electron chi connectivity index (χ3n) is 3.10. The van der Waals surface area contributed by atoms with Crippen LogP contribution in [-0.4, -0.2) is 18.0 Å². The first-order chi connectivity index (χ1) is 7.36. The van der Waals surface area contributed by atoms with Gasteiger partial charge < -0.3 is 9.84 Å². The van der Waals surface area contributed by atoms with Crippen LogP contribution in [0.25, 0.3) is 0 Å². The van der Waals surface area contributed by atoms with Gasteiger partial charge in [0.05, 0.1) is 6.61 Å². The number of benzene rings is 1. The molecule has 1 aromatic rings. The van der Waals surface area contributed by atoms with Gasteiger partial charge in [-0.25, -0.2) is 0 Å². The van der Waals surface area contributed by atoms with E-state index in [4.69, 9.17) is 4.74 Å². The second-order valence-corrected chi connectivity index (χ2v) is 3.78. The van der Waals surface area contributed by atoms with E-state index in [-0.39, 0.29) is 18.8 Å². The fourth-order valence-corrected chi connectivity index (χ4v) is 2.41. The Morgan fingerprint density at radius 3 is 2.53 bits per heavy atom. The van der Waals surface area contributed by atoms with E-state index >= 15 is 0 Å². The van der Waals surface area contributed by atoms with E-state index in [9.17, 15) is 9.90 Å². The van der Waals surface area contributed by atoms with Gasteiger partial charge in [0.2, 0.25) is 0 Å². The summed E-state index contributed by atoms with van der Waals surface area (Å²) in [7, 11) is 0. The maximum atomic E-state index is 10.9. The molecule has 0 amide bonds. The number of aliphatic hydroxyl groups is 1. The number of carbonyl (C=O) groups excluding carboxylic acids is 1. The first-order valence-corrected chi connectivity index (χ1v) is 4.90. The molecule has 15 heavy (non-hydrogen) atoms. The average Bonchev–Trinajstić information content (AvgIpc) is 2.84. The normalized spacial score (nSPS) is 27.0. The molecule has 0 aromatic heterocycles. The lowest BCUT2D eigenvalue weighted by molar-refractivity contribution is -0.105. The molecule has 3 heteroatoms. The Balaban J connectivity index is 2.18. The molecule has 1 aromatic carbocycles. The number of aliphatic hydroxyl groups excluding tert-OH is 1. The molecule has 0 aliphatic carbocycles. The van der Waals surface area contributed by atoms with Crippen molar-refractivity contribution in [3.05, 3.63) is 46.5 Å². The molecule has 0 saturated heterocycles. The van der Waals surface area contributed by atoms with Gasteiger partial charge in [-0.05, 0) is 16.7 Å². The van der Waals surface area contributed by atoms with Gasteiger partial charge in [-0.1, -0.05) is 24.3 Å².